The van der Waals surface area contributed by atoms with Crippen LogP contribution in [-0.4, -0.2) is 58.3 Å². The summed E-state index contributed by atoms with van der Waals surface area (Å²) >= 11 is 0. The van der Waals surface area contributed by atoms with Gasteiger partial charge >= 0.3 is 0 Å². The zero-order valence-electron chi connectivity index (χ0n) is 20.1. The van der Waals surface area contributed by atoms with Crippen molar-refractivity contribution in [3.8, 4) is 11.5 Å². The Balaban J connectivity index is 1.34. The van der Waals surface area contributed by atoms with E-state index in [1.165, 1.54) is 6.42 Å². The van der Waals surface area contributed by atoms with Crippen molar-refractivity contribution in [2.24, 2.45) is 0 Å². The van der Waals surface area contributed by atoms with Gasteiger partial charge < -0.3 is 33.2 Å². The molecular formula is C27H34O7. The summed E-state index contributed by atoms with van der Waals surface area (Å²) in [7, 11) is 4.97. The van der Waals surface area contributed by atoms with Gasteiger partial charge in [0.2, 0.25) is 0 Å². The van der Waals surface area contributed by atoms with Gasteiger partial charge in [0.05, 0.1) is 20.8 Å². The average Bonchev–Trinajstić information content (AvgIpc) is 3.40. The number of methoxy groups -OCH3 is 3. The van der Waals surface area contributed by atoms with E-state index in [4.69, 9.17) is 33.2 Å². The minimum absolute atomic E-state index is 0.213. The van der Waals surface area contributed by atoms with Crippen molar-refractivity contribution in [2.45, 2.75) is 68.6 Å². The van der Waals surface area contributed by atoms with E-state index < -0.39 is 12.1 Å². The van der Waals surface area contributed by atoms with Crippen LogP contribution in [0.1, 0.15) is 49.3 Å². The summed E-state index contributed by atoms with van der Waals surface area (Å²) in [4.78, 5) is 0. The molecule has 1 saturated carbocycles. The van der Waals surface area contributed by atoms with E-state index in [1.807, 2.05) is 48.5 Å². The molecule has 2 saturated heterocycles. The van der Waals surface area contributed by atoms with Crippen LogP contribution in [0.3, 0.4) is 0 Å². The standard InChI is InChI=1S/C27H34O7/c1-28-20-11-7-18(8-12-20)23(19-9-13-21(29-2)14-10-19)31-17-22-24-25(26(30-3)32-22)34-27(33-24)15-5-4-6-16-27/h7-14,22-26H,4-6,15-17H2,1-3H3/t22-,24-,25-,26-/m1/s1. The lowest BCUT2D eigenvalue weighted by atomic mass is 9.94. The topological polar surface area (TPSA) is 64.6 Å². The molecule has 0 bridgehead atoms. The Hall–Kier alpha value is -2.16. The molecule has 0 aromatic heterocycles. The Kier molecular flexibility index (Phi) is 7.09. The van der Waals surface area contributed by atoms with Crippen LogP contribution in [0.15, 0.2) is 48.5 Å². The number of benzene rings is 2. The molecule has 184 valence electrons. The molecule has 2 aliphatic heterocycles. The first-order valence-electron chi connectivity index (χ1n) is 12.1. The average molecular weight is 471 g/mol. The van der Waals surface area contributed by atoms with Crippen molar-refractivity contribution < 1.29 is 33.2 Å². The number of fused-ring (bicyclic) bond motifs is 1. The lowest BCUT2D eigenvalue weighted by Crippen LogP contribution is -2.38. The van der Waals surface area contributed by atoms with E-state index in [1.54, 1.807) is 21.3 Å². The fourth-order valence-corrected chi connectivity index (χ4v) is 5.27. The van der Waals surface area contributed by atoms with Gasteiger partial charge in [-0.1, -0.05) is 30.7 Å². The van der Waals surface area contributed by atoms with Gasteiger partial charge in [-0.3, -0.25) is 0 Å². The molecule has 2 aromatic rings. The summed E-state index contributed by atoms with van der Waals surface area (Å²) in [6, 6.07) is 15.9. The second kappa shape index (κ2) is 10.2. The highest BCUT2D eigenvalue weighted by Gasteiger charge is 2.58. The number of hydrogen-bond donors (Lipinski definition) is 0. The molecule has 1 aliphatic carbocycles. The van der Waals surface area contributed by atoms with Gasteiger partial charge in [-0.15, -0.1) is 0 Å². The second-order valence-electron chi connectivity index (χ2n) is 9.17. The predicted octanol–water partition coefficient (Wildman–Crippen LogP) is 4.63. The molecular weight excluding hydrogens is 436 g/mol. The molecule has 0 unspecified atom stereocenters. The van der Waals surface area contributed by atoms with Crippen LogP contribution >= 0.6 is 0 Å². The van der Waals surface area contributed by atoms with Gasteiger partial charge in [-0.25, -0.2) is 0 Å². The van der Waals surface area contributed by atoms with Crippen LogP contribution in [0.2, 0.25) is 0 Å². The van der Waals surface area contributed by atoms with Crippen LogP contribution in [-0.2, 0) is 23.7 Å². The fourth-order valence-electron chi connectivity index (χ4n) is 5.27. The van der Waals surface area contributed by atoms with Crippen molar-refractivity contribution in [1.29, 1.82) is 0 Å². The van der Waals surface area contributed by atoms with Crippen LogP contribution < -0.4 is 9.47 Å². The lowest BCUT2D eigenvalue weighted by molar-refractivity contribution is -0.255. The number of ether oxygens (including phenoxy) is 7. The second-order valence-corrected chi connectivity index (χ2v) is 9.17. The van der Waals surface area contributed by atoms with Crippen LogP contribution in [0.4, 0.5) is 0 Å². The minimum atomic E-state index is -0.502. The molecule has 2 aromatic carbocycles. The highest BCUT2D eigenvalue weighted by molar-refractivity contribution is 5.36. The predicted molar refractivity (Wildman–Crippen MR) is 125 cm³/mol. The smallest absolute Gasteiger partial charge is 0.186 e. The molecule has 4 atom stereocenters. The van der Waals surface area contributed by atoms with E-state index in [0.29, 0.717) is 6.61 Å². The lowest BCUT2D eigenvalue weighted by Gasteiger charge is -2.34. The number of hydrogen-bond acceptors (Lipinski definition) is 7. The largest absolute Gasteiger partial charge is 0.497 e. The van der Waals surface area contributed by atoms with Crippen LogP contribution in [0.25, 0.3) is 0 Å². The molecule has 0 amide bonds. The third-order valence-electron chi connectivity index (χ3n) is 7.08. The normalized spacial score (nSPS) is 27.8. The SMILES string of the molecule is COc1ccc(C(OC[C@H]2O[C@@H](OC)[C@@H]3OC4(CCCCC4)O[C@@H]32)c2ccc(OC)cc2)cc1. The highest BCUT2D eigenvalue weighted by atomic mass is 16.8. The Labute approximate surface area is 201 Å². The van der Waals surface area contributed by atoms with Crippen molar-refractivity contribution >= 4 is 0 Å². The van der Waals surface area contributed by atoms with E-state index in [9.17, 15) is 0 Å². The van der Waals surface area contributed by atoms with Gasteiger partial charge in [0.25, 0.3) is 0 Å². The molecule has 3 fully saturated rings. The zero-order valence-corrected chi connectivity index (χ0v) is 20.1. The fraction of sp³-hybridized carbons (Fsp3) is 0.556. The van der Waals surface area contributed by atoms with E-state index in [0.717, 1.165) is 48.3 Å². The maximum atomic E-state index is 6.52. The monoisotopic (exact) mass is 470 g/mol. The van der Waals surface area contributed by atoms with E-state index in [-0.39, 0.29) is 24.4 Å². The van der Waals surface area contributed by atoms with Crippen molar-refractivity contribution in [1.82, 2.24) is 0 Å². The molecule has 5 rings (SSSR count). The molecule has 1 spiro atoms. The third-order valence-corrected chi connectivity index (χ3v) is 7.08. The Morgan fingerprint density at radius 1 is 0.794 bits per heavy atom. The Morgan fingerprint density at radius 3 is 1.88 bits per heavy atom. The van der Waals surface area contributed by atoms with E-state index >= 15 is 0 Å². The minimum Gasteiger partial charge on any atom is -0.497 e. The summed E-state index contributed by atoms with van der Waals surface area (Å²) in [6.07, 6.45) is 3.84. The van der Waals surface area contributed by atoms with Gasteiger partial charge in [0, 0.05) is 20.0 Å². The highest BCUT2D eigenvalue weighted by Crippen LogP contribution is 2.46. The maximum absolute atomic E-state index is 6.52. The summed E-state index contributed by atoms with van der Waals surface area (Å²) < 4.78 is 41.9. The molecule has 3 aliphatic rings. The summed E-state index contributed by atoms with van der Waals surface area (Å²) in [5.74, 6) is 1.10. The number of rotatable bonds is 8. The van der Waals surface area contributed by atoms with Gasteiger partial charge in [-0.2, -0.15) is 0 Å². The summed E-state index contributed by atoms with van der Waals surface area (Å²) in [6.45, 7) is 0.350. The van der Waals surface area contributed by atoms with Gasteiger partial charge in [-0.05, 0) is 48.2 Å². The van der Waals surface area contributed by atoms with Gasteiger partial charge in [0.15, 0.2) is 12.1 Å². The van der Waals surface area contributed by atoms with Crippen molar-refractivity contribution in [3.63, 3.8) is 0 Å². The summed E-state index contributed by atoms with van der Waals surface area (Å²) in [5, 5.41) is 0. The third kappa shape index (κ3) is 4.68. The first kappa shape index (κ1) is 23.6. The van der Waals surface area contributed by atoms with Crippen molar-refractivity contribution in [3.05, 3.63) is 59.7 Å². The molecule has 7 nitrogen and oxygen atoms in total. The van der Waals surface area contributed by atoms with Crippen LogP contribution in [0, 0.1) is 0 Å². The molecule has 2 heterocycles. The van der Waals surface area contributed by atoms with Crippen molar-refractivity contribution in [2.75, 3.05) is 27.9 Å². The van der Waals surface area contributed by atoms with E-state index in [2.05, 4.69) is 0 Å². The first-order chi connectivity index (χ1) is 16.6. The summed E-state index contributed by atoms with van der Waals surface area (Å²) in [5.41, 5.74) is 2.05. The maximum Gasteiger partial charge on any atom is 0.186 e. The molecule has 0 N–H and O–H groups in total. The van der Waals surface area contributed by atoms with Crippen LogP contribution in [0.5, 0.6) is 11.5 Å². The molecule has 0 radical (unpaired) electrons. The Bertz CT molecular complexity index is 875. The first-order valence-corrected chi connectivity index (χ1v) is 12.1. The Morgan fingerprint density at radius 2 is 1.35 bits per heavy atom. The van der Waals surface area contributed by atoms with Gasteiger partial charge in [0.1, 0.15) is 35.9 Å². The zero-order chi connectivity index (χ0) is 23.5. The molecule has 7 heteroatoms. The quantitative estimate of drug-likeness (QED) is 0.558. The molecule has 34 heavy (non-hydrogen) atoms.